The lowest BCUT2D eigenvalue weighted by Gasteiger charge is -2.13. The summed E-state index contributed by atoms with van der Waals surface area (Å²) in [4.78, 5) is 0. The monoisotopic (exact) mass is 172 g/mol. The van der Waals surface area contributed by atoms with E-state index in [4.69, 9.17) is 4.74 Å². The molecular weight excluding hydrogens is 160 g/mol. The van der Waals surface area contributed by atoms with Crippen molar-refractivity contribution in [2.24, 2.45) is 5.92 Å². The maximum absolute atomic E-state index is 5.53. The molecule has 2 unspecified atom stereocenters. The van der Waals surface area contributed by atoms with E-state index in [9.17, 15) is 0 Å². The highest BCUT2D eigenvalue weighted by Crippen LogP contribution is 2.40. The van der Waals surface area contributed by atoms with Crippen molar-refractivity contribution in [3.63, 3.8) is 0 Å². The van der Waals surface area contributed by atoms with E-state index in [2.05, 4.69) is 36.4 Å². The summed E-state index contributed by atoms with van der Waals surface area (Å²) in [7, 11) is 0. The first-order chi connectivity index (χ1) is 6.43. The SMILES string of the molecule is C1=C(c2ccccc2)C2COC1C2. The van der Waals surface area contributed by atoms with Crippen LogP contribution >= 0.6 is 0 Å². The zero-order valence-electron chi connectivity index (χ0n) is 7.44. The van der Waals surface area contributed by atoms with Gasteiger partial charge in [0.25, 0.3) is 0 Å². The average Bonchev–Trinajstić information content (AvgIpc) is 2.80. The first-order valence-electron chi connectivity index (χ1n) is 4.82. The van der Waals surface area contributed by atoms with Crippen molar-refractivity contribution in [3.8, 4) is 0 Å². The third-order valence-electron chi connectivity index (χ3n) is 2.94. The molecule has 0 saturated carbocycles. The van der Waals surface area contributed by atoms with E-state index in [1.54, 1.807) is 0 Å². The second-order valence-corrected chi connectivity index (χ2v) is 3.79. The van der Waals surface area contributed by atoms with Crippen LogP contribution < -0.4 is 0 Å². The fourth-order valence-corrected chi connectivity index (χ4v) is 2.29. The minimum Gasteiger partial charge on any atom is -0.373 e. The lowest BCUT2D eigenvalue weighted by molar-refractivity contribution is 0.137. The molecule has 1 nitrogen and oxygen atoms in total. The Balaban J connectivity index is 1.99. The van der Waals surface area contributed by atoms with E-state index in [0.717, 1.165) is 6.61 Å². The Labute approximate surface area is 78.0 Å². The van der Waals surface area contributed by atoms with Crippen LogP contribution in [0.25, 0.3) is 5.57 Å². The maximum Gasteiger partial charge on any atom is 0.0768 e. The summed E-state index contributed by atoms with van der Waals surface area (Å²) in [5.74, 6) is 0.660. The Morgan fingerprint density at radius 3 is 2.62 bits per heavy atom. The Kier molecular flexibility index (Phi) is 1.53. The van der Waals surface area contributed by atoms with Gasteiger partial charge in [-0.25, -0.2) is 0 Å². The van der Waals surface area contributed by atoms with E-state index in [1.807, 2.05) is 0 Å². The third kappa shape index (κ3) is 1.11. The Hall–Kier alpha value is -1.08. The van der Waals surface area contributed by atoms with Gasteiger partial charge in [-0.15, -0.1) is 0 Å². The minimum absolute atomic E-state index is 0.403. The van der Waals surface area contributed by atoms with Gasteiger partial charge in [-0.3, -0.25) is 0 Å². The maximum atomic E-state index is 5.53. The van der Waals surface area contributed by atoms with Crippen LogP contribution in [0, 0.1) is 5.92 Å². The Morgan fingerprint density at radius 1 is 1.15 bits per heavy atom. The molecule has 2 atom stereocenters. The van der Waals surface area contributed by atoms with Crippen molar-refractivity contribution in [1.29, 1.82) is 0 Å². The van der Waals surface area contributed by atoms with E-state index in [0.29, 0.717) is 12.0 Å². The molecule has 3 rings (SSSR count). The molecule has 13 heavy (non-hydrogen) atoms. The third-order valence-corrected chi connectivity index (χ3v) is 2.94. The molecule has 1 aromatic carbocycles. The van der Waals surface area contributed by atoms with Crippen LogP contribution in [-0.4, -0.2) is 12.7 Å². The fourth-order valence-electron chi connectivity index (χ4n) is 2.29. The second kappa shape index (κ2) is 2.71. The molecule has 1 heteroatoms. The molecule has 66 valence electrons. The molecule has 1 fully saturated rings. The largest absolute Gasteiger partial charge is 0.373 e. The van der Waals surface area contributed by atoms with Crippen LogP contribution in [0.3, 0.4) is 0 Å². The topological polar surface area (TPSA) is 9.23 Å². The van der Waals surface area contributed by atoms with Gasteiger partial charge in [0.05, 0.1) is 12.7 Å². The van der Waals surface area contributed by atoms with E-state index >= 15 is 0 Å². The van der Waals surface area contributed by atoms with Gasteiger partial charge in [-0.2, -0.15) is 0 Å². The summed E-state index contributed by atoms with van der Waals surface area (Å²) in [5.41, 5.74) is 2.87. The molecule has 0 aromatic heterocycles. The Morgan fingerprint density at radius 2 is 2.00 bits per heavy atom. The summed E-state index contributed by atoms with van der Waals surface area (Å²) in [5, 5.41) is 0. The smallest absolute Gasteiger partial charge is 0.0768 e. The fraction of sp³-hybridized carbons (Fsp3) is 0.333. The molecule has 1 aromatic rings. The van der Waals surface area contributed by atoms with E-state index in [-0.39, 0.29) is 0 Å². The highest BCUT2D eigenvalue weighted by Gasteiger charge is 2.33. The van der Waals surface area contributed by atoms with Gasteiger partial charge in [-0.1, -0.05) is 36.4 Å². The summed E-state index contributed by atoms with van der Waals surface area (Å²) < 4.78 is 5.53. The van der Waals surface area contributed by atoms with Crippen molar-refractivity contribution in [3.05, 3.63) is 42.0 Å². The summed E-state index contributed by atoms with van der Waals surface area (Å²) in [6, 6.07) is 10.6. The minimum atomic E-state index is 0.403. The van der Waals surface area contributed by atoms with Crippen molar-refractivity contribution in [2.75, 3.05) is 6.61 Å². The van der Waals surface area contributed by atoms with Crippen molar-refractivity contribution < 1.29 is 4.74 Å². The average molecular weight is 172 g/mol. The van der Waals surface area contributed by atoms with Gasteiger partial charge >= 0.3 is 0 Å². The van der Waals surface area contributed by atoms with Gasteiger partial charge in [0.15, 0.2) is 0 Å². The van der Waals surface area contributed by atoms with E-state index < -0.39 is 0 Å². The van der Waals surface area contributed by atoms with Gasteiger partial charge in [-0.05, 0) is 17.6 Å². The predicted molar refractivity (Wildman–Crippen MR) is 52.3 cm³/mol. The number of rotatable bonds is 1. The van der Waals surface area contributed by atoms with Crippen LogP contribution in [-0.2, 0) is 4.74 Å². The zero-order chi connectivity index (χ0) is 8.67. The quantitative estimate of drug-likeness (QED) is 0.632. The molecule has 2 bridgehead atoms. The van der Waals surface area contributed by atoms with E-state index in [1.165, 1.54) is 17.6 Å². The summed E-state index contributed by atoms with van der Waals surface area (Å²) >= 11 is 0. The van der Waals surface area contributed by atoms with Crippen LogP contribution in [0.5, 0.6) is 0 Å². The van der Waals surface area contributed by atoms with Crippen molar-refractivity contribution in [2.45, 2.75) is 12.5 Å². The highest BCUT2D eigenvalue weighted by molar-refractivity contribution is 5.70. The van der Waals surface area contributed by atoms with Gasteiger partial charge in [0.1, 0.15) is 0 Å². The molecule has 0 amide bonds. The molecule has 1 saturated heterocycles. The van der Waals surface area contributed by atoms with Crippen LogP contribution in [0.4, 0.5) is 0 Å². The summed E-state index contributed by atoms with van der Waals surface area (Å²) in [6.45, 7) is 0.922. The lowest BCUT2D eigenvalue weighted by Crippen LogP contribution is -2.05. The molecule has 0 spiro atoms. The number of hydrogen-bond acceptors (Lipinski definition) is 1. The standard InChI is InChI=1S/C12H12O/c1-2-4-9(5-3-1)12-7-11-6-10(12)8-13-11/h1-5,7,10-11H,6,8H2. The second-order valence-electron chi connectivity index (χ2n) is 3.79. The Bertz CT molecular complexity index is 339. The number of ether oxygens (including phenoxy) is 1. The van der Waals surface area contributed by atoms with Gasteiger partial charge in [0, 0.05) is 5.92 Å². The van der Waals surface area contributed by atoms with Crippen molar-refractivity contribution in [1.82, 2.24) is 0 Å². The first-order valence-corrected chi connectivity index (χ1v) is 4.82. The number of fused-ring (bicyclic) bond motifs is 2. The number of hydrogen-bond donors (Lipinski definition) is 0. The molecule has 0 radical (unpaired) electrons. The van der Waals surface area contributed by atoms with Crippen LogP contribution in [0.15, 0.2) is 36.4 Å². The molecule has 0 N–H and O–H groups in total. The van der Waals surface area contributed by atoms with Gasteiger partial charge in [0.2, 0.25) is 0 Å². The molecule has 2 aliphatic rings. The molecule has 1 aliphatic carbocycles. The zero-order valence-corrected chi connectivity index (χ0v) is 7.44. The van der Waals surface area contributed by atoms with Crippen molar-refractivity contribution >= 4 is 5.57 Å². The first kappa shape index (κ1) is 7.34. The molecular formula is C12H12O. The lowest BCUT2D eigenvalue weighted by atomic mass is 9.96. The normalized spacial score (nSPS) is 30.6. The molecule has 1 heterocycles. The van der Waals surface area contributed by atoms with Gasteiger partial charge < -0.3 is 4.74 Å². The highest BCUT2D eigenvalue weighted by atomic mass is 16.5. The summed E-state index contributed by atoms with van der Waals surface area (Å²) in [6.07, 6.45) is 3.88. The predicted octanol–water partition coefficient (Wildman–Crippen LogP) is 2.49. The number of benzene rings is 1. The van der Waals surface area contributed by atoms with Crippen LogP contribution in [0.2, 0.25) is 0 Å². The van der Waals surface area contributed by atoms with Crippen LogP contribution in [0.1, 0.15) is 12.0 Å². The molecule has 1 aliphatic heterocycles.